The van der Waals surface area contributed by atoms with Gasteiger partial charge in [0.25, 0.3) is 0 Å². The third-order valence-electron chi connectivity index (χ3n) is 2.65. The van der Waals surface area contributed by atoms with Gasteiger partial charge in [-0.3, -0.25) is 4.79 Å². The summed E-state index contributed by atoms with van der Waals surface area (Å²) in [6, 6.07) is 0.831. The minimum absolute atomic E-state index is 0.263. The average molecular weight is 254 g/mol. The van der Waals surface area contributed by atoms with E-state index < -0.39 is 12.0 Å². The van der Waals surface area contributed by atoms with E-state index in [-0.39, 0.29) is 6.42 Å². The lowest BCUT2D eigenvalue weighted by Gasteiger charge is -2.06. The van der Waals surface area contributed by atoms with Gasteiger partial charge in [0, 0.05) is 18.0 Å². The number of hydrogen-bond donors (Lipinski definition) is 3. The molecule has 0 aliphatic rings. The maximum Gasteiger partial charge on any atom is 0.320 e. The molecule has 90 valence electrons. The molecule has 0 saturated carbocycles. The first kappa shape index (κ1) is 11.9. The summed E-state index contributed by atoms with van der Waals surface area (Å²) in [5.74, 6) is -1.01. The Balaban J connectivity index is 2.46. The normalized spacial score (nSPS) is 12.9. The van der Waals surface area contributed by atoms with Crippen molar-refractivity contribution >= 4 is 28.6 Å². The third kappa shape index (κ3) is 2.25. The van der Waals surface area contributed by atoms with Crippen molar-refractivity contribution in [1.29, 1.82) is 0 Å². The summed E-state index contributed by atoms with van der Waals surface area (Å²) in [6.45, 7) is 1.90. The molecule has 0 fully saturated rings. The highest BCUT2D eigenvalue weighted by molar-refractivity contribution is 6.29. The number of aliphatic carboxylic acids is 1. The van der Waals surface area contributed by atoms with Crippen LogP contribution in [0.5, 0.6) is 0 Å². The van der Waals surface area contributed by atoms with E-state index in [4.69, 9.17) is 22.4 Å². The number of pyridine rings is 1. The molecule has 0 unspecified atom stereocenters. The highest BCUT2D eigenvalue weighted by Gasteiger charge is 2.16. The number of fused-ring (bicyclic) bond motifs is 1. The largest absolute Gasteiger partial charge is 0.480 e. The number of carboxylic acid groups (broad SMARTS) is 1. The van der Waals surface area contributed by atoms with Gasteiger partial charge in [0.05, 0.1) is 0 Å². The molecule has 0 aliphatic carbocycles. The highest BCUT2D eigenvalue weighted by Crippen LogP contribution is 2.24. The van der Waals surface area contributed by atoms with Crippen molar-refractivity contribution in [3.05, 3.63) is 28.5 Å². The maximum atomic E-state index is 10.7. The van der Waals surface area contributed by atoms with Crippen LogP contribution < -0.4 is 5.73 Å². The monoisotopic (exact) mass is 253 g/mol. The summed E-state index contributed by atoms with van der Waals surface area (Å²) in [7, 11) is 0. The first-order chi connectivity index (χ1) is 7.99. The fraction of sp³-hybridized carbons (Fsp3) is 0.273. The molecule has 1 atom stereocenters. The Morgan fingerprint density at radius 1 is 1.71 bits per heavy atom. The van der Waals surface area contributed by atoms with Crippen molar-refractivity contribution in [2.75, 3.05) is 0 Å². The van der Waals surface area contributed by atoms with Crippen molar-refractivity contribution in [2.45, 2.75) is 19.4 Å². The number of rotatable bonds is 3. The zero-order valence-electron chi connectivity index (χ0n) is 9.20. The molecule has 0 aromatic carbocycles. The summed E-state index contributed by atoms with van der Waals surface area (Å²) in [4.78, 5) is 17.8. The predicted octanol–water partition coefficient (Wildman–Crippen LogP) is 1.48. The minimum Gasteiger partial charge on any atom is -0.480 e. The van der Waals surface area contributed by atoms with Gasteiger partial charge in [0.15, 0.2) is 0 Å². The molecule has 5 nitrogen and oxygen atoms in total. The molecule has 6 heteroatoms. The Bertz CT molecular complexity index is 579. The number of hydrogen-bond acceptors (Lipinski definition) is 3. The lowest BCUT2D eigenvalue weighted by molar-refractivity contribution is -0.138. The molecule has 2 rings (SSSR count). The maximum absolute atomic E-state index is 10.7. The quantitative estimate of drug-likeness (QED) is 0.723. The summed E-state index contributed by atoms with van der Waals surface area (Å²) >= 11 is 5.84. The fourth-order valence-corrected chi connectivity index (χ4v) is 2.10. The number of aromatic amines is 1. The molecule has 0 spiro atoms. The molecule has 0 aliphatic heterocycles. The van der Waals surface area contributed by atoms with Crippen LogP contribution >= 0.6 is 11.6 Å². The zero-order chi connectivity index (χ0) is 12.6. The van der Waals surface area contributed by atoms with Gasteiger partial charge in [-0.05, 0) is 24.1 Å². The predicted molar refractivity (Wildman–Crippen MR) is 65.2 cm³/mol. The lowest BCUT2D eigenvalue weighted by atomic mass is 10.0. The van der Waals surface area contributed by atoms with Crippen molar-refractivity contribution in [3.8, 4) is 0 Å². The van der Waals surface area contributed by atoms with Crippen LogP contribution in [0.2, 0.25) is 5.15 Å². The second-order valence-electron chi connectivity index (χ2n) is 3.95. The minimum atomic E-state index is -1.01. The van der Waals surface area contributed by atoms with E-state index in [1.165, 1.54) is 0 Å². The first-order valence-electron chi connectivity index (χ1n) is 5.10. The number of nitrogens with one attached hydrogen (secondary N) is 1. The van der Waals surface area contributed by atoms with E-state index in [2.05, 4.69) is 9.97 Å². The standard InChI is InChI=1S/C11H12ClN3O2/c1-5-2-8(12)15-10-9(5)6(4-14-10)3-7(13)11(16)17/h2,4,7H,3,13H2,1H3,(H,14,15)(H,16,17)/t7-/m1/s1. The molecular weight excluding hydrogens is 242 g/mol. The number of aromatic nitrogens is 2. The molecule has 0 amide bonds. The molecule has 2 aromatic rings. The fourth-order valence-electron chi connectivity index (χ4n) is 1.86. The molecule has 17 heavy (non-hydrogen) atoms. The molecule has 0 bridgehead atoms. The number of nitrogens with zero attached hydrogens (tertiary/aromatic N) is 1. The molecular formula is C11H12ClN3O2. The van der Waals surface area contributed by atoms with Crippen molar-refractivity contribution in [1.82, 2.24) is 9.97 Å². The van der Waals surface area contributed by atoms with Gasteiger partial charge in [-0.25, -0.2) is 4.98 Å². The lowest BCUT2D eigenvalue weighted by Crippen LogP contribution is -2.32. The van der Waals surface area contributed by atoms with Crippen LogP contribution in [-0.4, -0.2) is 27.1 Å². The van der Waals surface area contributed by atoms with Crippen LogP contribution in [0, 0.1) is 6.92 Å². The number of H-pyrrole nitrogens is 1. The number of halogens is 1. The Hall–Kier alpha value is -1.59. The molecule has 0 radical (unpaired) electrons. The van der Waals surface area contributed by atoms with E-state index in [0.717, 1.165) is 16.5 Å². The molecule has 0 saturated heterocycles. The van der Waals surface area contributed by atoms with Crippen LogP contribution in [0.1, 0.15) is 11.1 Å². The SMILES string of the molecule is Cc1cc(Cl)nc2[nH]cc(C[C@@H](N)C(=O)O)c12. The van der Waals surface area contributed by atoms with E-state index in [9.17, 15) is 4.79 Å². The van der Waals surface area contributed by atoms with E-state index in [0.29, 0.717) is 10.8 Å². The third-order valence-corrected chi connectivity index (χ3v) is 2.84. The number of aryl methyl sites for hydroxylation is 1. The van der Waals surface area contributed by atoms with Crippen LogP contribution in [0.4, 0.5) is 0 Å². The molecule has 2 heterocycles. The van der Waals surface area contributed by atoms with Gasteiger partial charge in [-0.1, -0.05) is 11.6 Å². The van der Waals surface area contributed by atoms with Gasteiger partial charge >= 0.3 is 5.97 Å². The van der Waals surface area contributed by atoms with Crippen LogP contribution in [-0.2, 0) is 11.2 Å². The Kier molecular flexibility index (Phi) is 3.04. The number of carbonyl (C=O) groups is 1. The second kappa shape index (κ2) is 4.35. The smallest absolute Gasteiger partial charge is 0.320 e. The van der Waals surface area contributed by atoms with Crippen LogP contribution in [0.25, 0.3) is 11.0 Å². The average Bonchev–Trinajstić information content (AvgIpc) is 2.60. The molecule has 4 N–H and O–H groups in total. The number of carboxylic acids is 1. The van der Waals surface area contributed by atoms with Crippen molar-refractivity contribution in [2.24, 2.45) is 5.73 Å². The van der Waals surface area contributed by atoms with E-state index in [1.807, 2.05) is 6.92 Å². The summed E-state index contributed by atoms with van der Waals surface area (Å²) < 4.78 is 0. The van der Waals surface area contributed by atoms with Gasteiger partial charge in [-0.15, -0.1) is 0 Å². The van der Waals surface area contributed by atoms with Gasteiger partial charge < -0.3 is 15.8 Å². The zero-order valence-corrected chi connectivity index (χ0v) is 9.95. The highest BCUT2D eigenvalue weighted by atomic mass is 35.5. The van der Waals surface area contributed by atoms with Crippen LogP contribution in [0.15, 0.2) is 12.3 Å². The Morgan fingerprint density at radius 3 is 3.06 bits per heavy atom. The van der Waals surface area contributed by atoms with Crippen molar-refractivity contribution < 1.29 is 9.90 Å². The van der Waals surface area contributed by atoms with Gasteiger partial charge in [0.2, 0.25) is 0 Å². The van der Waals surface area contributed by atoms with Crippen molar-refractivity contribution in [3.63, 3.8) is 0 Å². The second-order valence-corrected chi connectivity index (χ2v) is 4.34. The molecule has 2 aromatic heterocycles. The van der Waals surface area contributed by atoms with E-state index in [1.54, 1.807) is 12.3 Å². The van der Waals surface area contributed by atoms with Gasteiger partial charge in [-0.2, -0.15) is 0 Å². The number of nitrogens with two attached hydrogens (primary N) is 1. The topological polar surface area (TPSA) is 92.0 Å². The van der Waals surface area contributed by atoms with E-state index >= 15 is 0 Å². The van der Waals surface area contributed by atoms with Crippen LogP contribution in [0.3, 0.4) is 0 Å². The first-order valence-corrected chi connectivity index (χ1v) is 5.48. The summed E-state index contributed by atoms with van der Waals surface area (Å²) in [5.41, 5.74) is 7.97. The Morgan fingerprint density at radius 2 is 2.41 bits per heavy atom. The summed E-state index contributed by atoms with van der Waals surface area (Å²) in [6.07, 6.45) is 1.99. The Labute approximate surface area is 103 Å². The van der Waals surface area contributed by atoms with Gasteiger partial charge in [0.1, 0.15) is 16.8 Å². The summed E-state index contributed by atoms with van der Waals surface area (Å²) in [5, 5.41) is 10.1.